The van der Waals surface area contributed by atoms with E-state index in [2.05, 4.69) is 234 Å². The number of benzene rings is 11. The summed E-state index contributed by atoms with van der Waals surface area (Å²) in [6, 6.07) is 81.0. The third kappa shape index (κ3) is 5.86. The van der Waals surface area contributed by atoms with E-state index in [4.69, 9.17) is 15.0 Å². The molecule has 4 aromatic heterocycles. The highest BCUT2D eigenvalue weighted by atomic mass is 32.1. The van der Waals surface area contributed by atoms with E-state index in [0.29, 0.717) is 17.5 Å². The molecule has 0 radical (unpaired) electrons. The van der Waals surface area contributed by atoms with Gasteiger partial charge >= 0.3 is 0 Å². The minimum absolute atomic E-state index is 0.613. The Labute approximate surface area is 399 Å². The molecule has 0 spiro atoms. The van der Waals surface area contributed by atoms with Crippen LogP contribution in [0.4, 0.5) is 0 Å². The molecule has 15 aromatic rings. The van der Waals surface area contributed by atoms with Crippen molar-refractivity contribution < 1.29 is 0 Å². The van der Waals surface area contributed by atoms with Gasteiger partial charge < -0.3 is 9.13 Å². The van der Waals surface area contributed by atoms with Crippen LogP contribution in [-0.4, -0.2) is 24.1 Å². The third-order valence-corrected chi connectivity index (χ3v) is 15.3. The first kappa shape index (κ1) is 38.2. The molecule has 11 aromatic carbocycles. The molecule has 0 saturated carbocycles. The highest BCUT2D eigenvalue weighted by Crippen LogP contribution is 2.46. The topological polar surface area (TPSA) is 48.5 Å². The molecule has 320 valence electrons. The van der Waals surface area contributed by atoms with Crippen molar-refractivity contribution in [2.75, 3.05) is 0 Å². The zero-order valence-electron chi connectivity index (χ0n) is 37.0. The maximum Gasteiger partial charge on any atom is 0.164 e. The fraction of sp³-hybridized carbons (Fsp3) is 0. The molecule has 0 bridgehead atoms. The summed E-state index contributed by atoms with van der Waals surface area (Å²) in [4.78, 5) is 16.5. The Bertz CT molecular complexity index is 4620. The van der Waals surface area contributed by atoms with Gasteiger partial charge in [0.15, 0.2) is 17.5 Å². The summed E-state index contributed by atoms with van der Waals surface area (Å²) in [6.45, 7) is 0. The number of aromatic nitrogens is 5. The zero-order chi connectivity index (χ0) is 45.2. The van der Waals surface area contributed by atoms with Crippen LogP contribution in [0.15, 0.2) is 224 Å². The Hall–Kier alpha value is -8.97. The maximum absolute atomic E-state index is 5.58. The summed E-state index contributed by atoms with van der Waals surface area (Å²) >= 11 is 1.84. The molecule has 15 rings (SSSR count). The fourth-order valence-electron chi connectivity index (χ4n) is 10.9. The predicted molar refractivity (Wildman–Crippen MR) is 290 cm³/mol. The van der Waals surface area contributed by atoms with Crippen molar-refractivity contribution >= 4 is 107 Å². The lowest BCUT2D eigenvalue weighted by atomic mass is 10.0. The lowest BCUT2D eigenvalue weighted by Crippen LogP contribution is -2.02. The minimum Gasteiger partial charge on any atom is -0.309 e. The van der Waals surface area contributed by atoms with Crippen molar-refractivity contribution in [1.82, 2.24) is 24.1 Å². The van der Waals surface area contributed by atoms with Gasteiger partial charge in [-0.05, 0) is 93.0 Å². The van der Waals surface area contributed by atoms with Gasteiger partial charge in [0, 0.05) is 69.8 Å². The number of hydrogen-bond acceptors (Lipinski definition) is 4. The van der Waals surface area contributed by atoms with E-state index in [0.717, 1.165) is 60.9 Å². The van der Waals surface area contributed by atoms with Crippen LogP contribution in [0.3, 0.4) is 0 Å². The van der Waals surface area contributed by atoms with Crippen LogP contribution < -0.4 is 0 Å². The number of fused-ring (bicyclic) bond motifs is 13. The van der Waals surface area contributed by atoms with Gasteiger partial charge in [0.05, 0.1) is 22.1 Å². The monoisotopic (exact) mass is 895 g/mol. The van der Waals surface area contributed by atoms with E-state index in [1.165, 1.54) is 63.3 Å². The van der Waals surface area contributed by atoms with Crippen LogP contribution in [0.1, 0.15) is 0 Å². The largest absolute Gasteiger partial charge is 0.309 e. The van der Waals surface area contributed by atoms with Gasteiger partial charge in [-0.1, -0.05) is 164 Å². The standard InChI is InChI=1S/C63H37N5S/c1-2-19-45(20-3-1)67-54-24-12-10-22-48(54)50-30-29-44(35-56(50)67)62-64-61(43-27-26-38-14-4-5-16-40(38)32-43)65-63(66-62)53-36-46(37-58-59(53)51-31-28-39-15-8-9-21-47(39)60(51)69-58)68-55-25-13-11-23-49(55)52-33-41-17-6-7-18-42(41)34-57(52)68/h1-37H. The number of hydrogen-bond donors (Lipinski definition) is 0. The summed E-state index contributed by atoms with van der Waals surface area (Å²) < 4.78 is 7.21. The Morgan fingerprint density at radius 1 is 0.304 bits per heavy atom. The second-order valence-electron chi connectivity index (χ2n) is 18.0. The molecule has 0 fully saturated rings. The normalized spacial score (nSPS) is 12.1. The highest BCUT2D eigenvalue weighted by molar-refractivity contribution is 7.26. The second-order valence-corrected chi connectivity index (χ2v) is 19.0. The van der Waals surface area contributed by atoms with Crippen molar-refractivity contribution in [3.63, 3.8) is 0 Å². The van der Waals surface area contributed by atoms with Crippen molar-refractivity contribution in [3.05, 3.63) is 224 Å². The minimum atomic E-state index is 0.613. The van der Waals surface area contributed by atoms with Crippen molar-refractivity contribution in [2.45, 2.75) is 0 Å². The lowest BCUT2D eigenvalue weighted by Gasteiger charge is -2.14. The molecule has 0 aliphatic heterocycles. The SMILES string of the molecule is c1ccc(-n2c3ccccc3c3ccc(-c4nc(-c5ccc6ccccc6c5)nc(-c5cc(-n6c7ccccc7c7cc8ccccc8cc76)cc6sc7c8ccccc8ccc7c56)n4)cc32)cc1. The van der Waals surface area contributed by atoms with Crippen LogP contribution in [-0.2, 0) is 0 Å². The second kappa shape index (κ2) is 14.8. The van der Waals surface area contributed by atoms with E-state index < -0.39 is 0 Å². The third-order valence-electron chi connectivity index (χ3n) is 14.1. The predicted octanol–water partition coefficient (Wildman–Crippen LogP) is 16.9. The first-order valence-corrected chi connectivity index (χ1v) is 24.2. The summed E-state index contributed by atoms with van der Waals surface area (Å²) in [5.74, 6) is 1.86. The van der Waals surface area contributed by atoms with Crippen molar-refractivity contribution in [1.29, 1.82) is 0 Å². The van der Waals surface area contributed by atoms with E-state index in [1.54, 1.807) is 0 Å². The Kier molecular flexibility index (Phi) is 8.17. The number of nitrogens with zero attached hydrogens (tertiary/aromatic N) is 5. The molecular formula is C63H37N5S. The van der Waals surface area contributed by atoms with Crippen LogP contribution in [0.5, 0.6) is 0 Å². The van der Waals surface area contributed by atoms with Crippen LogP contribution in [0, 0.1) is 0 Å². The highest BCUT2D eigenvalue weighted by Gasteiger charge is 2.23. The van der Waals surface area contributed by atoms with E-state index in [-0.39, 0.29) is 0 Å². The van der Waals surface area contributed by atoms with Gasteiger partial charge in [-0.25, -0.2) is 15.0 Å². The molecule has 0 N–H and O–H groups in total. The Morgan fingerprint density at radius 2 is 0.826 bits per heavy atom. The van der Waals surface area contributed by atoms with Crippen molar-refractivity contribution in [3.8, 4) is 45.5 Å². The molecule has 0 aliphatic rings. The molecule has 0 saturated heterocycles. The van der Waals surface area contributed by atoms with Gasteiger partial charge in [0.25, 0.3) is 0 Å². The van der Waals surface area contributed by atoms with Crippen LogP contribution in [0.25, 0.3) is 142 Å². The first-order chi connectivity index (χ1) is 34.2. The van der Waals surface area contributed by atoms with Crippen molar-refractivity contribution in [2.24, 2.45) is 0 Å². The van der Waals surface area contributed by atoms with Gasteiger partial charge in [-0.2, -0.15) is 0 Å². The summed E-state index contributed by atoms with van der Waals surface area (Å²) in [7, 11) is 0. The van der Waals surface area contributed by atoms with Gasteiger partial charge in [-0.3, -0.25) is 0 Å². The number of rotatable bonds is 5. The average Bonchev–Trinajstić information content (AvgIpc) is 4.07. The van der Waals surface area contributed by atoms with E-state index in [9.17, 15) is 0 Å². The average molecular weight is 896 g/mol. The van der Waals surface area contributed by atoms with E-state index >= 15 is 0 Å². The smallest absolute Gasteiger partial charge is 0.164 e. The molecule has 5 nitrogen and oxygen atoms in total. The first-order valence-electron chi connectivity index (χ1n) is 23.3. The quantitative estimate of drug-likeness (QED) is 0.173. The number of para-hydroxylation sites is 3. The zero-order valence-corrected chi connectivity index (χ0v) is 37.8. The Morgan fingerprint density at radius 3 is 1.59 bits per heavy atom. The molecule has 69 heavy (non-hydrogen) atoms. The number of thiophene rings is 1. The molecule has 0 aliphatic carbocycles. The van der Waals surface area contributed by atoms with E-state index in [1.807, 2.05) is 11.3 Å². The summed E-state index contributed by atoms with van der Waals surface area (Å²) in [5, 5.41) is 14.3. The molecule has 0 unspecified atom stereocenters. The van der Waals surface area contributed by atoms with Gasteiger partial charge in [0.1, 0.15) is 0 Å². The molecule has 0 atom stereocenters. The molecule has 6 heteroatoms. The molecular weight excluding hydrogens is 859 g/mol. The van der Waals surface area contributed by atoms with Crippen LogP contribution in [0.2, 0.25) is 0 Å². The Balaban J connectivity index is 1.05. The van der Waals surface area contributed by atoms with Crippen LogP contribution >= 0.6 is 11.3 Å². The van der Waals surface area contributed by atoms with Gasteiger partial charge in [-0.15, -0.1) is 11.3 Å². The maximum atomic E-state index is 5.58. The fourth-order valence-corrected chi connectivity index (χ4v) is 12.2. The van der Waals surface area contributed by atoms with Gasteiger partial charge in [0.2, 0.25) is 0 Å². The lowest BCUT2D eigenvalue weighted by molar-refractivity contribution is 1.07. The summed E-state index contributed by atoms with van der Waals surface area (Å²) in [5.41, 5.74) is 9.50. The molecule has 0 amide bonds. The molecule has 4 heterocycles. The summed E-state index contributed by atoms with van der Waals surface area (Å²) in [6.07, 6.45) is 0.